The molecule has 0 unspecified atom stereocenters. The van der Waals surface area contributed by atoms with Gasteiger partial charge < -0.3 is 11.1 Å². The molecular formula is C12H23N5. The van der Waals surface area contributed by atoms with Crippen LogP contribution >= 0.6 is 0 Å². The zero-order valence-electron chi connectivity index (χ0n) is 11.4. The van der Waals surface area contributed by atoms with Crippen LogP contribution in [-0.2, 0) is 13.6 Å². The standard InChI is InChI=1S/C12H23N5/c1-8(2)6-14-12(13)15-7-11-9(3)16-17(5)10(11)4/h8H,6-7H2,1-5H3,(H3,13,14,15). The third-order valence-electron chi connectivity index (χ3n) is 2.76. The number of hydrogen-bond acceptors (Lipinski definition) is 2. The molecule has 1 heterocycles. The van der Waals surface area contributed by atoms with Crippen molar-refractivity contribution in [1.82, 2.24) is 15.1 Å². The van der Waals surface area contributed by atoms with Gasteiger partial charge in [-0.2, -0.15) is 5.10 Å². The van der Waals surface area contributed by atoms with Crippen molar-refractivity contribution in [3.8, 4) is 0 Å². The number of aryl methyl sites for hydroxylation is 2. The molecule has 3 N–H and O–H groups in total. The van der Waals surface area contributed by atoms with Crippen molar-refractivity contribution in [2.45, 2.75) is 34.2 Å². The Hall–Kier alpha value is -1.52. The number of nitrogens with one attached hydrogen (secondary N) is 1. The molecule has 5 heteroatoms. The maximum Gasteiger partial charge on any atom is 0.188 e. The first-order valence-corrected chi connectivity index (χ1v) is 5.94. The number of aliphatic imine (C=N–C) groups is 1. The highest BCUT2D eigenvalue weighted by Crippen LogP contribution is 2.12. The number of hydrogen-bond donors (Lipinski definition) is 2. The zero-order chi connectivity index (χ0) is 13.0. The van der Waals surface area contributed by atoms with Gasteiger partial charge in [0, 0.05) is 24.8 Å². The van der Waals surface area contributed by atoms with Crippen LogP contribution in [0.5, 0.6) is 0 Å². The summed E-state index contributed by atoms with van der Waals surface area (Å²) in [5.41, 5.74) is 9.10. The second-order valence-electron chi connectivity index (χ2n) is 4.75. The van der Waals surface area contributed by atoms with Crippen molar-refractivity contribution in [2.24, 2.45) is 23.7 Å². The molecule has 0 aliphatic rings. The van der Waals surface area contributed by atoms with Crippen molar-refractivity contribution in [1.29, 1.82) is 0 Å². The number of aromatic nitrogens is 2. The van der Waals surface area contributed by atoms with E-state index in [0.29, 0.717) is 18.4 Å². The molecule has 5 nitrogen and oxygen atoms in total. The van der Waals surface area contributed by atoms with E-state index in [1.807, 2.05) is 25.6 Å². The molecule has 1 rings (SSSR count). The lowest BCUT2D eigenvalue weighted by atomic mass is 10.2. The van der Waals surface area contributed by atoms with Crippen LogP contribution in [-0.4, -0.2) is 22.3 Å². The highest BCUT2D eigenvalue weighted by atomic mass is 15.3. The van der Waals surface area contributed by atoms with E-state index >= 15 is 0 Å². The van der Waals surface area contributed by atoms with Gasteiger partial charge in [-0.25, -0.2) is 4.99 Å². The lowest BCUT2D eigenvalue weighted by Gasteiger charge is -2.07. The normalized spacial score (nSPS) is 12.2. The van der Waals surface area contributed by atoms with Crippen LogP contribution in [0.4, 0.5) is 0 Å². The van der Waals surface area contributed by atoms with Crippen molar-refractivity contribution in [3.05, 3.63) is 17.0 Å². The minimum absolute atomic E-state index is 0.501. The smallest absolute Gasteiger partial charge is 0.188 e. The first-order valence-electron chi connectivity index (χ1n) is 5.94. The molecule has 0 atom stereocenters. The minimum atomic E-state index is 0.501. The van der Waals surface area contributed by atoms with E-state index in [4.69, 9.17) is 5.73 Å². The van der Waals surface area contributed by atoms with E-state index in [2.05, 4.69) is 29.3 Å². The summed E-state index contributed by atoms with van der Waals surface area (Å²) in [6, 6.07) is 0. The highest BCUT2D eigenvalue weighted by Gasteiger charge is 2.08. The monoisotopic (exact) mass is 237 g/mol. The Morgan fingerprint density at radius 3 is 2.59 bits per heavy atom. The van der Waals surface area contributed by atoms with Gasteiger partial charge in [0.15, 0.2) is 5.96 Å². The second kappa shape index (κ2) is 5.70. The molecule has 0 saturated carbocycles. The summed E-state index contributed by atoms with van der Waals surface area (Å²) in [7, 11) is 1.94. The van der Waals surface area contributed by atoms with Crippen LogP contribution in [0.3, 0.4) is 0 Å². The third kappa shape index (κ3) is 3.76. The first-order chi connectivity index (χ1) is 7.91. The maximum atomic E-state index is 5.79. The van der Waals surface area contributed by atoms with Gasteiger partial charge in [0.1, 0.15) is 0 Å². The van der Waals surface area contributed by atoms with Crippen molar-refractivity contribution >= 4 is 5.96 Å². The van der Waals surface area contributed by atoms with Gasteiger partial charge in [0.05, 0.1) is 12.2 Å². The SMILES string of the molecule is Cc1nn(C)c(C)c1CN=C(N)NCC(C)C. The molecule has 0 aliphatic carbocycles. The maximum absolute atomic E-state index is 5.79. The van der Waals surface area contributed by atoms with E-state index in [9.17, 15) is 0 Å². The molecule has 0 spiro atoms. The van der Waals surface area contributed by atoms with Crippen LogP contribution in [0.25, 0.3) is 0 Å². The van der Waals surface area contributed by atoms with Gasteiger partial charge >= 0.3 is 0 Å². The Kier molecular flexibility index (Phi) is 4.54. The molecule has 0 bridgehead atoms. The molecule has 0 radical (unpaired) electrons. The fourth-order valence-corrected chi connectivity index (χ4v) is 1.58. The Balaban J connectivity index is 2.62. The third-order valence-corrected chi connectivity index (χ3v) is 2.76. The molecule has 17 heavy (non-hydrogen) atoms. The summed E-state index contributed by atoms with van der Waals surface area (Å²) in [4.78, 5) is 4.33. The van der Waals surface area contributed by atoms with Crippen LogP contribution in [0.1, 0.15) is 30.8 Å². The Morgan fingerprint density at radius 2 is 2.12 bits per heavy atom. The van der Waals surface area contributed by atoms with Gasteiger partial charge in [-0.15, -0.1) is 0 Å². The lowest BCUT2D eigenvalue weighted by molar-refractivity contribution is 0.621. The average Bonchev–Trinajstić information content (AvgIpc) is 2.48. The number of guanidine groups is 1. The highest BCUT2D eigenvalue weighted by molar-refractivity contribution is 5.77. The Labute approximate surface area is 103 Å². The molecule has 1 aromatic rings. The summed E-state index contributed by atoms with van der Waals surface area (Å²) >= 11 is 0. The Bertz CT molecular complexity index is 403. The predicted molar refractivity (Wildman–Crippen MR) is 70.8 cm³/mol. The minimum Gasteiger partial charge on any atom is -0.370 e. The fourth-order valence-electron chi connectivity index (χ4n) is 1.58. The van der Waals surface area contributed by atoms with Crippen LogP contribution in [0, 0.1) is 19.8 Å². The molecule has 0 fully saturated rings. The molecule has 0 aliphatic heterocycles. The van der Waals surface area contributed by atoms with E-state index in [1.54, 1.807) is 0 Å². The first kappa shape index (κ1) is 13.5. The van der Waals surface area contributed by atoms with Crippen molar-refractivity contribution in [3.63, 3.8) is 0 Å². The van der Waals surface area contributed by atoms with E-state index in [-0.39, 0.29) is 0 Å². The predicted octanol–water partition coefficient (Wildman–Crippen LogP) is 1.10. The molecular weight excluding hydrogens is 214 g/mol. The van der Waals surface area contributed by atoms with Gasteiger partial charge in [-0.1, -0.05) is 13.8 Å². The van der Waals surface area contributed by atoms with Gasteiger partial charge in [-0.3, -0.25) is 4.68 Å². The largest absolute Gasteiger partial charge is 0.370 e. The zero-order valence-corrected chi connectivity index (χ0v) is 11.4. The molecule has 0 aromatic carbocycles. The van der Waals surface area contributed by atoms with Crippen LogP contribution in [0.2, 0.25) is 0 Å². The quantitative estimate of drug-likeness (QED) is 0.608. The van der Waals surface area contributed by atoms with Crippen LogP contribution < -0.4 is 11.1 Å². The van der Waals surface area contributed by atoms with Crippen LogP contribution in [0.15, 0.2) is 4.99 Å². The second-order valence-corrected chi connectivity index (χ2v) is 4.75. The Morgan fingerprint density at radius 1 is 1.47 bits per heavy atom. The molecule has 0 saturated heterocycles. The average molecular weight is 237 g/mol. The lowest BCUT2D eigenvalue weighted by Crippen LogP contribution is -2.34. The summed E-state index contributed by atoms with van der Waals surface area (Å²) in [5.74, 6) is 1.06. The summed E-state index contributed by atoms with van der Waals surface area (Å²) < 4.78 is 1.87. The number of rotatable bonds is 4. The van der Waals surface area contributed by atoms with Crippen molar-refractivity contribution < 1.29 is 0 Å². The molecule has 0 amide bonds. The number of nitrogens with two attached hydrogens (primary N) is 1. The number of nitrogens with zero attached hydrogens (tertiary/aromatic N) is 3. The van der Waals surface area contributed by atoms with Gasteiger partial charge in [0.25, 0.3) is 0 Å². The van der Waals surface area contributed by atoms with E-state index in [0.717, 1.165) is 23.5 Å². The summed E-state index contributed by atoms with van der Waals surface area (Å²) in [5, 5.41) is 7.45. The molecule has 96 valence electrons. The van der Waals surface area contributed by atoms with E-state index < -0.39 is 0 Å². The van der Waals surface area contributed by atoms with Gasteiger partial charge in [0.2, 0.25) is 0 Å². The summed E-state index contributed by atoms with van der Waals surface area (Å²) in [6.45, 7) is 9.74. The fraction of sp³-hybridized carbons (Fsp3) is 0.667. The molecule has 1 aromatic heterocycles. The topological polar surface area (TPSA) is 68.2 Å². The van der Waals surface area contributed by atoms with E-state index in [1.165, 1.54) is 0 Å². The van der Waals surface area contributed by atoms with Gasteiger partial charge in [-0.05, 0) is 19.8 Å². The summed E-state index contributed by atoms with van der Waals surface area (Å²) in [6.07, 6.45) is 0. The van der Waals surface area contributed by atoms with Crippen molar-refractivity contribution in [2.75, 3.05) is 6.54 Å².